The number of hydrogen-bond donors (Lipinski definition) is 0. The number of piperazine rings is 1. The summed E-state index contributed by atoms with van der Waals surface area (Å²) >= 11 is 0. The van der Waals surface area contributed by atoms with Gasteiger partial charge in [0.1, 0.15) is 0 Å². The number of anilines is 1. The van der Waals surface area contributed by atoms with Crippen LogP contribution in [0.2, 0.25) is 0 Å². The van der Waals surface area contributed by atoms with Crippen LogP contribution in [-0.4, -0.2) is 50.7 Å². The van der Waals surface area contributed by atoms with E-state index in [-0.39, 0.29) is 5.97 Å². The Morgan fingerprint density at radius 1 is 1.15 bits per heavy atom. The molecule has 1 saturated heterocycles. The molecule has 20 heavy (non-hydrogen) atoms. The Kier molecular flexibility index (Phi) is 5.41. The molecular weight excluding hydrogens is 252 g/mol. The summed E-state index contributed by atoms with van der Waals surface area (Å²) in [6.07, 6.45) is 2.54. The summed E-state index contributed by atoms with van der Waals surface area (Å²) in [6, 6.07) is 7.69. The molecule has 1 aromatic rings. The quantitative estimate of drug-likeness (QED) is 0.773. The van der Waals surface area contributed by atoms with Gasteiger partial charge in [0.15, 0.2) is 0 Å². The van der Waals surface area contributed by atoms with Crippen molar-refractivity contribution in [3.05, 3.63) is 29.8 Å². The van der Waals surface area contributed by atoms with E-state index in [1.54, 1.807) is 0 Å². The van der Waals surface area contributed by atoms with E-state index >= 15 is 0 Å². The summed E-state index contributed by atoms with van der Waals surface area (Å²) in [6.45, 7) is 7.81. The highest BCUT2D eigenvalue weighted by atomic mass is 16.5. The minimum absolute atomic E-state index is 0.277. The van der Waals surface area contributed by atoms with Gasteiger partial charge in [-0.15, -0.1) is 0 Å². The highest BCUT2D eigenvalue weighted by Crippen LogP contribution is 2.18. The molecule has 4 nitrogen and oxygen atoms in total. The van der Waals surface area contributed by atoms with Gasteiger partial charge in [0.05, 0.1) is 12.7 Å². The first-order chi connectivity index (χ1) is 9.74. The van der Waals surface area contributed by atoms with Crippen LogP contribution in [0.1, 0.15) is 30.1 Å². The Bertz CT molecular complexity index is 423. The molecule has 1 fully saturated rings. The fraction of sp³-hybridized carbons (Fsp3) is 0.562. The second-order valence-electron chi connectivity index (χ2n) is 5.22. The molecule has 0 aliphatic carbocycles. The van der Waals surface area contributed by atoms with Gasteiger partial charge in [0, 0.05) is 31.9 Å². The number of carbonyl (C=O) groups is 1. The Hall–Kier alpha value is -1.55. The van der Waals surface area contributed by atoms with E-state index in [4.69, 9.17) is 4.74 Å². The molecule has 0 saturated carbocycles. The van der Waals surface area contributed by atoms with E-state index in [2.05, 4.69) is 16.7 Å². The normalized spacial score (nSPS) is 16.2. The number of carbonyl (C=O) groups excluding carboxylic acids is 1. The van der Waals surface area contributed by atoms with E-state index in [1.165, 1.54) is 32.2 Å². The van der Waals surface area contributed by atoms with Crippen LogP contribution in [0.25, 0.3) is 0 Å². The Morgan fingerprint density at radius 2 is 1.80 bits per heavy atom. The van der Waals surface area contributed by atoms with Crippen LogP contribution in [0.3, 0.4) is 0 Å². The maximum atomic E-state index is 11.4. The molecule has 0 N–H and O–H groups in total. The van der Waals surface area contributed by atoms with Crippen LogP contribution in [0.15, 0.2) is 24.3 Å². The van der Waals surface area contributed by atoms with Crippen LogP contribution in [0.5, 0.6) is 0 Å². The maximum absolute atomic E-state index is 11.4. The second-order valence-corrected chi connectivity index (χ2v) is 5.22. The first-order valence-corrected chi connectivity index (χ1v) is 7.40. The van der Waals surface area contributed by atoms with Crippen molar-refractivity contribution in [3.63, 3.8) is 0 Å². The highest BCUT2D eigenvalue weighted by molar-refractivity contribution is 5.89. The zero-order valence-corrected chi connectivity index (χ0v) is 12.5. The minimum Gasteiger partial charge on any atom is -0.465 e. The van der Waals surface area contributed by atoms with Crippen molar-refractivity contribution >= 4 is 11.7 Å². The van der Waals surface area contributed by atoms with E-state index in [0.29, 0.717) is 5.56 Å². The lowest BCUT2D eigenvalue weighted by atomic mass is 10.1. The molecule has 1 aromatic carbocycles. The molecule has 1 heterocycles. The standard InChI is InChI=1S/C16H24N2O2/c1-3-4-9-17-10-12-18(13-11-17)15-7-5-14(6-8-15)16(19)20-2/h5-8H,3-4,9-13H2,1-2H3. The van der Waals surface area contributed by atoms with Crippen LogP contribution < -0.4 is 4.90 Å². The van der Waals surface area contributed by atoms with Crippen molar-refractivity contribution in [2.24, 2.45) is 0 Å². The number of unbranched alkanes of at least 4 members (excludes halogenated alkanes) is 1. The molecule has 0 spiro atoms. The average molecular weight is 276 g/mol. The third-order valence-corrected chi connectivity index (χ3v) is 3.85. The number of ether oxygens (including phenoxy) is 1. The van der Waals surface area contributed by atoms with Gasteiger partial charge in [-0.1, -0.05) is 13.3 Å². The third kappa shape index (κ3) is 3.73. The molecule has 2 rings (SSSR count). The Balaban J connectivity index is 1.89. The van der Waals surface area contributed by atoms with E-state index in [1.807, 2.05) is 24.3 Å². The SMILES string of the molecule is CCCCN1CCN(c2ccc(C(=O)OC)cc2)CC1. The van der Waals surface area contributed by atoms with Gasteiger partial charge in [-0.05, 0) is 37.2 Å². The zero-order chi connectivity index (χ0) is 14.4. The van der Waals surface area contributed by atoms with Gasteiger partial charge in [-0.2, -0.15) is 0 Å². The highest BCUT2D eigenvalue weighted by Gasteiger charge is 2.16. The Morgan fingerprint density at radius 3 is 2.35 bits per heavy atom. The van der Waals surface area contributed by atoms with E-state index < -0.39 is 0 Å². The van der Waals surface area contributed by atoms with Crippen molar-refractivity contribution < 1.29 is 9.53 Å². The summed E-state index contributed by atoms with van der Waals surface area (Å²) < 4.78 is 4.71. The first kappa shape index (κ1) is 14.9. The fourth-order valence-electron chi connectivity index (χ4n) is 2.54. The third-order valence-electron chi connectivity index (χ3n) is 3.85. The summed E-state index contributed by atoms with van der Waals surface area (Å²) in [7, 11) is 1.41. The fourth-order valence-corrected chi connectivity index (χ4v) is 2.54. The lowest BCUT2D eigenvalue weighted by Gasteiger charge is -2.36. The molecule has 0 unspecified atom stereocenters. The summed E-state index contributed by atoms with van der Waals surface area (Å²) in [5, 5.41) is 0. The lowest BCUT2D eigenvalue weighted by molar-refractivity contribution is 0.0601. The molecular formula is C16H24N2O2. The summed E-state index contributed by atoms with van der Waals surface area (Å²) in [5.41, 5.74) is 1.80. The van der Waals surface area contributed by atoms with Gasteiger partial charge in [0.25, 0.3) is 0 Å². The molecule has 110 valence electrons. The number of methoxy groups -OCH3 is 1. The van der Waals surface area contributed by atoms with Gasteiger partial charge < -0.3 is 9.64 Å². The average Bonchev–Trinajstić information content (AvgIpc) is 2.53. The maximum Gasteiger partial charge on any atom is 0.337 e. The number of nitrogens with zero attached hydrogens (tertiary/aromatic N) is 2. The molecule has 0 radical (unpaired) electrons. The van der Waals surface area contributed by atoms with Gasteiger partial charge in [-0.3, -0.25) is 4.90 Å². The summed E-state index contributed by atoms with van der Waals surface area (Å²) in [4.78, 5) is 16.3. The topological polar surface area (TPSA) is 32.8 Å². The lowest BCUT2D eigenvalue weighted by Crippen LogP contribution is -2.46. The number of benzene rings is 1. The van der Waals surface area contributed by atoms with E-state index in [9.17, 15) is 4.79 Å². The summed E-state index contributed by atoms with van der Waals surface area (Å²) in [5.74, 6) is -0.277. The van der Waals surface area contributed by atoms with Crippen molar-refractivity contribution in [2.45, 2.75) is 19.8 Å². The van der Waals surface area contributed by atoms with Gasteiger partial charge in [0.2, 0.25) is 0 Å². The van der Waals surface area contributed by atoms with Gasteiger partial charge in [-0.25, -0.2) is 4.79 Å². The number of esters is 1. The van der Waals surface area contributed by atoms with Crippen molar-refractivity contribution in [3.8, 4) is 0 Å². The molecule has 0 amide bonds. The predicted molar refractivity (Wildman–Crippen MR) is 81.3 cm³/mol. The Labute approximate surface area is 121 Å². The zero-order valence-electron chi connectivity index (χ0n) is 12.5. The van der Waals surface area contributed by atoms with Crippen LogP contribution in [0.4, 0.5) is 5.69 Å². The van der Waals surface area contributed by atoms with Gasteiger partial charge >= 0.3 is 5.97 Å². The molecule has 1 aliphatic rings. The smallest absolute Gasteiger partial charge is 0.337 e. The van der Waals surface area contributed by atoms with E-state index in [0.717, 1.165) is 26.2 Å². The number of rotatable bonds is 5. The largest absolute Gasteiger partial charge is 0.465 e. The molecule has 1 aliphatic heterocycles. The van der Waals surface area contributed by atoms with Crippen LogP contribution >= 0.6 is 0 Å². The molecule has 4 heteroatoms. The molecule has 0 atom stereocenters. The van der Waals surface area contributed by atoms with Crippen molar-refractivity contribution in [2.75, 3.05) is 44.7 Å². The minimum atomic E-state index is -0.277. The predicted octanol–water partition coefficient (Wildman–Crippen LogP) is 2.40. The second kappa shape index (κ2) is 7.29. The monoisotopic (exact) mass is 276 g/mol. The van der Waals surface area contributed by atoms with Crippen LogP contribution in [-0.2, 0) is 4.74 Å². The van der Waals surface area contributed by atoms with Crippen LogP contribution in [0, 0.1) is 0 Å². The van der Waals surface area contributed by atoms with Crippen molar-refractivity contribution in [1.29, 1.82) is 0 Å². The first-order valence-electron chi connectivity index (χ1n) is 7.40. The molecule has 0 aromatic heterocycles. The van der Waals surface area contributed by atoms with Crippen molar-refractivity contribution in [1.82, 2.24) is 4.90 Å². The number of hydrogen-bond acceptors (Lipinski definition) is 4. The molecule has 0 bridgehead atoms.